The maximum Gasteiger partial charge on any atom is 0.138 e. The van der Waals surface area contributed by atoms with Gasteiger partial charge in [-0.3, -0.25) is 0 Å². The smallest absolute Gasteiger partial charge is 0.138 e. The van der Waals surface area contributed by atoms with Crippen LogP contribution in [-0.4, -0.2) is 19.3 Å². The Kier molecular flexibility index (Phi) is 5.82. The van der Waals surface area contributed by atoms with Crippen molar-refractivity contribution in [3.8, 4) is 0 Å². The summed E-state index contributed by atoms with van der Waals surface area (Å²) in [6.45, 7) is 3.49. The first-order valence-corrected chi connectivity index (χ1v) is 9.41. The molecule has 0 atom stereocenters. The van der Waals surface area contributed by atoms with Gasteiger partial charge in [0.15, 0.2) is 0 Å². The number of nitrogens with one attached hydrogen (secondary N) is 1. The van der Waals surface area contributed by atoms with Crippen LogP contribution in [0.3, 0.4) is 0 Å². The number of hydrogen-bond donors (Lipinski definition) is 1. The van der Waals surface area contributed by atoms with Gasteiger partial charge in [-0.1, -0.05) is 24.3 Å². The Morgan fingerprint density at radius 1 is 1.00 bits per heavy atom. The third-order valence-corrected chi connectivity index (χ3v) is 4.91. The van der Waals surface area contributed by atoms with Gasteiger partial charge in [-0.05, 0) is 42.2 Å². The Hall–Kier alpha value is -2.21. The van der Waals surface area contributed by atoms with Gasteiger partial charge in [0.2, 0.25) is 0 Å². The topological polar surface area (TPSA) is 43.6 Å². The maximum absolute atomic E-state index is 13.7. The Morgan fingerprint density at radius 3 is 2.59 bits per heavy atom. The molecule has 0 radical (unpaired) electrons. The zero-order valence-corrected chi connectivity index (χ0v) is 15.2. The molecule has 0 aliphatic carbocycles. The molecule has 5 heteroatoms. The SMILES string of the molecule is Fc1cc(CNCc2ccc(COC3CCOCC3)cc2)c2occc2c1. The molecule has 2 aromatic carbocycles. The summed E-state index contributed by atoms with van der Waals surface area (Å²) in [6, 6.07) is 13.2. The fourth-order valence-corrected chi connectivity index (χ4v) is 3.40. The lowest BCUT2D eigenvalue weighted by molar-refractivity contribution is -0.0390. The summed E-state index contributed by atoms with van der Waals surface area (Å²) < 4.78 is 30.5. The first-order valence-electron chi connectivity index (χ1n) is 9.41. The minimum absolute atomic E-state index is 0.241. The summed E-state index contributed by atoms with van der Waals surface area (Å²) in [5, 5.41) is 4.15. The molecule has 142 valence electrons. The van der Waals surface area contributed by atoms with E-state index in [1.807, 2.05) is 0 Å². The van der Waals surface area contributed by atoms with Crippen molar-refractivity contribution in [3.63, 3.8) is 0 Å². The van der Waals surface area contributed by atoms with Gasteiger partial charge in [-0.2, -0.15) is 0 Å². The first-order chi connectivity index (χ1) is 13.3. The monoisotopic (exact) mass is 369 g/mol. The molecule has 1 aliphatic heterocycles. The maximum atomic E-state index is 13.7. The average molecular weight is 369 g/mol. The number of hydrogen-bond acceptors (Lipinski definition) is 4. The zero-order valence-electron chi connectivity index (χ0n) is 15.2. The number of benzene rings is 2. The summed E-state index contributed by atoms with van der Waals surface area (Å²) in [7, 11) is 0. The van der Waals surface area contributed by atoms with Gasteiger partial charge in [-0.25, -0.2) is 4.39 Å². The van der Waals surface area contributed by atoms with Gasteiger partial charge in [0.25, 0.3) is 0 Å². The standard InChI is InChI=1S/C22H24FNO3/c23-20-11-18-5-10-26-22(18)19(12-20)14-24-13-16-1-3-17(4-2-16)15-27-21-6-8-25-9-7-21/h1-5,10-12,21,24H,6-9,13-15H2. The lowest BCUT2D eigenvalue weighted by Crippen LogP contribution is -2.23. The van der Waals surface area contributed by atoms with Crippen molar-refractivity contribution < 1.29 is 18.3 Å². The van der Waals surface area contributed by atoms with Crippen molar-refractivity contribution >= 4 is 11.0 Å². The van der Waals surface area contributed by atoms with E-state index in [9.17, 15) is 4.39 Å². The second-order valence-corrected chi connectivity index (χ2v) is 6.95. The van der Waals surface area contributed by atoms with E-state index in [4.69, 9.17) is 13.9 Å². The van der Waals surface area contributed by atoms with Crippen LogP contribution in [-0.2, 0) is 29.2 Å². The molecule has 0 amide bonds. The molecule has 4 nitrogen and oxygen atoms in total. The molecule has 4 rings (SSSR count). The van der Waals surface area contributed by atoms with Gasteiger partial charge < -0.3 is 19.2 Å². The molecule has 0 saturated carbocycles. The van der Waals surface area contributed by atoms with Gasteiger partial charge >= 0.3 is 0 Å². The molecule has 0 bridgehead atoms. The largest absolute Gasteiger partial charge is 0.464 e. The summed E-state index contributed by atoms with van der Waals surface area (Å²) in [6.07, 6.45) is 3.86. The number of furan rings is 1. The van der Waals surface area contributed by atoms with E-state index in [0.717, 1.165) is 42.6 Å². The van der Waals surface area contributed by atoms with E-state index in [-0.39, 0.29) is 5.82 Å². The number of ether oxygens (including phenoxy) is 2. The lowest BCUT2D eigenvalue weighted by Gasteiger charge is -2.22. The molecule has 1 saturated heterocycles. The van der Waals surface area contributed by atoms with Crippen molar-refractivity contribution in [2.45, 2.75) is 38.6 Å². The zero-order chi connectivity index (χ0) is 18.5. The second-order valence-electron chi connectivity index (χ2n) is 6.95. The van der Waals surface area contributed by atoms with Crippen LogP contribution in [0.5, 0.6) is 0 Å². The van der Waals surface area contributed by atoms with Crippen molar-refractivity contribution in [1.29, 1.82) is 0 Å². The first kappa shape index (κ1) is 18.2. The molecule has 1 aromatic heterocycles. The number of fused-ring (bicyclic) bond motifs is 1. The molecular weight excluding hydrogens is 345 g/mol. The summed E-state index contributed by atoms with van der Waals surface area (Å²) >= 11 is 0. The van der Waals surface area contributed by atoms with Crippen LogP contribution >= 0.6 is 0 Å². The number of rotatable bonds is 7. The summed E-state index contributed by atoms with van der Waals surface area (Å²) in [4.78, 5) is 0. The van der Waals surface area contributed by atoms with Gasteiger partial charge in [0.1, 0.15) is 11.4 Å². The van der Waals surface area contributed by atoms with Gasteiger partial charge in [-0.15, -0.1) is 0 Å². The molecular formula is C22H24FNO3. The molecule has 2 heterocycles. The van der Waals surface area contributed by atoms with Crippen LogP contribution in [0.1, 0.15) is 29.5 Å². The predicted molar refractivity (Wildman–Crippen MR) is 102 cm³/mol. The highest BCUT2D eigenvalue weighted by Gasteiger charge is 2.14. The van der Waals surface area contributed by atoms with Crippen LogP contribution in [0.15, 0.2) is 53.1 Å². The predicted octanol–water partition coefficient (Wildman–Crippen LogP) is 4.56. The van der Waals surface area contributed by atoms with Crippen LogP contribution < -0.4 is 5.32 Å². The molecule has 0 spiro atoms. The lowest BCUT2D eigenvalue weighted by atomic mass is 10.1. The average Bonchev–Trinajstić information content (AvgIpc) is 3.16. The quantitative estimate of drug-likeness (QED) is 0.663. The molecule has 3 aromatic rings. The molecule has 27 heavy (non-hydrogen) atoms. The van der Waals surface area contributed by atoms with Crippen LogP contribution in [0.4, 0.5) is 4.39 Å². The highest BCUT2D eigenvalue weighted by molar-refractivity contribution is 5.80. The highest BCUT2D eigenvalue weighted by atomic mass is 19.1. The Morgan fingerprint density at radius 2 is 1.78 bits per heavy atom. The van der Waals surface area contributed by atoms with Gasteiger partial charge in [0.05, 0.1) is 19.0 Å². The Balaban J connectivity index is 1.27. The fourth-order valence-electron chi connectivity index (χ4n) is 3.40. The normalized spacial score (nSPS) is 15.4. The van der Waals surface area contributed by atoms with E-state index in [2.05, 4.69) is 29.6 Å². The highest BCUT2D eigenvalue weighted by Crippen LogP contribution is 2.22. The van der Waals surface area contributed by atoms with E-state index in [0.29, 0.717) is 25.8 Å². The van der Waals surface area contributed by atoms with E-state index < -0.39 is 0 Å². The van der Waals surface area contributed by atoms with E-state index >= 15 is 0 Å². The minimum atomic E-state index is -0.241. The minimum Gasteiger partial charge on any atom is -0.464 e. The third-order valence-electron chi connectivity index (χ3n) is 4.91. The molecule has 1 fully saturated rings. The van der Waals surface area contributed by atoms with Crippen LogP contribution in [0, 0.1) is 5.82 Å². The van der Waals surface area contributed by atoms with E-state index in [1.165, 1.54) is 23.3 Å². The second kappa shape index (κ2) is 8.65. The fraction of sp³-hybridized carbons (Fsp3) is 0.364. The van der Waals surface area contributed by atoms with Crippen LogP contribution in [0.2, 0.25) is 0 Å². The van der Waals surface area contributed by atoms with Crippen molar-refractivity contribution in [1.82, 2.24) is 5.32 Å². The summed E-state index contributed by atoms with van der Waals surface area (Å²) in [5.74, 6) is -0.241. The van der Waals surface area contributed by atoms with Crippen molar-refractivity contribution in [2.75, 3.05) is 13.2 Å². The van der Waals surface area contributed by atoms with E-state index in [1.54, 1.807) is 12.3 Å². The van der Waals surface area contributed by atoms with Gasteiger partial charge in [0, 0.05) is 37.3 Å². The van der Waals surface area contributed by atoms with Crippen molar-refractivity contribution in [3.05, 3.63) is 71.2 Å². The Labute approximate surface area is 158 Å². The molecule has 1 aliphatic rings. The van der Waals surface area contributed by atoms with Crippen molar-refractivity contribution in [2.24, 2.45) is 0 Å². The molecule has 1 N–H and O–H groups in total. The number of halogens is 1. The Bertz CT molecular complexity index is 869. The third kappa shape index (κ3) is 4.75. The van der Waals surface area contributed by atoms with Crippen LogP contribution in [0.25, 0.3) is 11.0 Å². The summed E-state index contributed by atoms with van der Waals surface area (Å²) in [5.41, 5.74) is 3.92. The molecule has 0 unspecified atom stereocenters.